The summed E-state index contributed by atoms with van der Waals surface area (Å²) in [5.41, 5.74) is 2.09. The van der Waals surface area contributed by atoms with E-state index in [1.807, 2.05) is 44.4 Å². The zero-order valence-electron chi connectivity index (χ0n) is 16.5. The lowest BCUT2D eigenvalue weighted by molar-refractivity contribution is 0.379. The zero-order chi connectivity index (χ0) is 20.1. The van der Waals surface area contributed by atoms with Gasteiger partial charge in [-0.15, -0.1) is 11.3 Å². The number of benzene rings is 3. The lowest BCUT2D eigenvalue weighted by Crippen LogP contribution is -2.36. The molecule has 0 aliphatic carbocycles. The zero-order valence-corrected chi connectivity index (χ0v) is 17.3. The molecule has 0 N–H and O–H groups in total. The molecule has 0 radical (unpaired) electrons. The Balaban J connectivity index is 1.80. The molecule has 0 saturated heterocycles. The van der Waals surface area contributed by atoms with Crippen molar-refractivity contribution >= 4 is 49.7 Å². The Morgan fingerprint density at radius 1 is 1.00 bits per heavy atom. The largest absolute Gasteiger partial charge is 0.308 e. The first-order valence-corrected chi connectivity index (χ1v) is 10.4. The molecule has 5 rings (SSSR count). The third-order valence-corrected chi connectivity index (χ3v) is 6.52. The van der Waals surface area contributed by atoms with Gasteiger partial charge in [0.1, 0.15) is 5.01 Å². The molecule has 5 aromatic rings. The monoisotopic (exact) mass is 399 g/mol. The van der Waals surface area contributed by atoms with Crippen molar-refractivity contribution in [3.05, 3.63) is 70.3 Å². The molecule has 0 fully saturated rings. The van der Waals surface area contributed by atoms with Gasteiger partial charge >= 0.3 is 0 Å². The van der Waals surface area contributed by atoms with Crippen LogP contribution in [0.4, 0.5) is 0 Å². The van der Waals surface area contributed by atoms with Crippen LogP contribution in [0.15, 0.2) is 59.4 Å². The average Bonchev–Trinajstić information content (AvgIpc) is 3.15. The number of fused-ring (bicyclic) bond motifs is 1. The Bertz CT molecular complexity index is 1410. The minimum Gasteiger partial charge on any atom is -0.308 e. The van der Waals surface area contributed by atoms with Crippen molar-refractivity contribution in [1.82, 2.24) is 14.5 Å². The maximum Gasteiger partial charge on any atom is 0.258 e. The number of para-hydroxylation sites is 1. The number of hydrogen-bond donors (Lipinski definition) is 0. The smallest absolute Gasteiger partial charge is 0.258 e. The summed E-state index contributed by atoms with van der Waals surface area (Å²) in [5.74, 6) is 0. The van der Waals surface area contributed by atoms with Gasteiger partial charge in [0.15, 0.2) is 0 Å². The van der Waals surface area contributed by atoms with Crippen molar-refractivity contribution in [2.75, 3.05) is 20.6 Å². The van der Waals surface area contributed by atoms with E-state index < -0.39 is 0 Å². The Labute approximate surface area is 172 Å². The van der Waals surface area contributed by atoms with Crippen molar-refractivity contribution in [2.45, 2.75) is 6.54 Å². The van der Waals surface area contributed by atoms with Gasteiger partial charge < -0.3 is 9.47 Å². The predicted molar refractivity (Wildman–Crippen MR) is 124 cm³/mol. The van der Waals surface area contributed by atoms with Crippen LogP contribution < -0.4 is 10.9 Å². The number of pyridine rings is 1. The summed E-state index contributed by atoms with van der Waals surface area (Å²) in [5, 5.41) is 5.56. The third-order valence-electron chi connectivity index (χ3n) is 5.45. The van der Waals surface area contributed by atoms with E-state index in [2.05, 4.69) is 35.7 Å². The minimum atomic E-state index is 0.0244. The molecular weight excluding hydrogens is 378 g/mol. The number of likely N-dealkylation sites (N-methyl/N-ethyl adjacent to an activating group) is 1. The van der Waals surface area contributed by atoms with Crippen molar-refractivity contribution in [1.29, 1.82) is 0 Å². The Hall–Kier alpha value is -3.02. The molecular formula is C24H21N3OS. The lowest BCUT2D eigenvalue weighted by atomic mass is 9.98. The molecule has 29 heavy (non-hydrogen) atoms. The fourth-order valence-corrected chi connectivity index (χ4v) is 4.95. The van der Waals surface area contributed by atoms with Crippen LogP contribution in [0.25, 0.3) is 48.9 Å². The maximum absolute atomic E-state index is 13.2. The van der Waals surface area contributed by atoms with E-state index in [0.717, 1.165) is 49.5 Å². The van der Waals surface area contributed by atoms with Crippen LogP contribution in [-0.2, 0) is 6.54 Å². The summed E-state index contributed by atoms with van der Waals surface area (Å²) in [6.07, 6.45) is 0. The van der Waals surface area contributed by atoms with Crippen LogP contribution in [0.1, 0.15) is 0 Å². The summed E-state index contributed by atoms with van der Waals surface area (Å²) in [7, 11) is 4.02. The van der Waals surface area contributed by atoms with E-state index in [0.29, 0.717) is 6.54 Å². The van der Waals surface area contributed by atoms with Crippen LogP contribution in [0, 0.1) is 0 Å². The Morgan fingerprint density at radius 3 is 2.59 bits per heavy atom. The molecule has 2 aromatic heterocycles. The van der Waals surface area contributed by atoms with Crippen molar-refractivity contribution in [2.24, 2.45) is 0 Å². The van der Waals surface area contributed by atoms with Gasteiger partial charge in [-0.2, -0.15) is 0 Å². The molecule has 2 heterocycles. The van der Waals surface area contributed by atoms with Gasteiger partial charge in [-0.3, -0.25) is 4.79 Å². The highest BCUT2D eigenvalue weighted by atomic mass is 32.1. The van der Waals surface area contributed by atoms with E-state index in [-0.39, 0.29) is 5.56 Å². The van der Waals surface area contributed by atoms with Crippen LogP contribution in [0.5, 0.6) is 0 Å². The van der Waals surface area contributed by atoms with E-state index in [1.54, 1.807) is 15.9 Å². The van der Waals surface area contributed by atoms with Crippen LogP contribution >= 0.6 is 11.3 Å². The fraction of sp³-hybridized carbons (Fsp3) is 0.167. The van der Waals surface area contributed by atoms with Gasteiger partial charge in [0.05, 0.1) is 10.2 Å². The first-order valence-electron chi connectivity index (χ1n) is 9.62. The number of nitrogens with zero attached hydrogens (tertiary/aromatic N) is 3. The molecule has 0 aliphatic rings. The van der Waals surface area contributed by atoms with E-state index in [9.17, 15) is 4.79 Å². The second kappa shape index (κ2) is 6.79. The molecule has 3 aromatic carbocycles. The summed E-state index contributed by atoms with van der Waals surface area (Å²) in [6, 6.07) is 18.3. The first kappa shape index (κ1) is 18.0. The summed E-state index contributed by atoms with van der Waals surface area (Å²) < 4.78 is 2.97. The number of hydrogen-bond acceptors (Lipinski definition) is 4. The second-order valence-electron chi connectivity index (χ2n) is 7.58. The topological polar surface area (TPSA) is 38.1 Å². The molecule has 5 heteroatoms. The Kier molecular flexibility index (Phi) is 4.23. The normalized spacial score (nSPS) is 12.0. The first-order chi connectivity index (χ1) is 14.0. The second-order valence-corrected chi connectivity index (χ2v) is 8.61. The van der Waals surface area contributed by atoms with E-state index >= 15 is 0 Å². The predicted octanol–water partition coefficient (Wildman–Crippen LogP) is 4.12. The van der Waals surface area contributed by atoms with E-state index in [1.165, 1.54) is 4.70 Å². The Morgan fingerprint density at radius 2 is 1.79 bits per heavy atom. The highest BCUT2D eigenvalue weighted by molar-refractivity contribution is 7.21. The molecule has 0 saturated carbocycles. The summed E-state index contributed by atoms with van der Waals surface area (Å²) in [4.78, 5) is 20.2. The molecule has 0 spiro atoms. The van der Waals surface area contributed by atoms with Gasteiger partial charge in [0.25, 0.3) is 5.56 Å². The molecule has 0 atom stereocenters. The van der Waals surface area contributed by atoms with Gasteiger partial charge in [-0.25, -0.2) is 4.98 Å². The highest BCUT2D eigenvalue weighted by Gasteiger charge is 2.16. The van der Waals surface area contributed by atoms with Crippen LogP contribution in [0.3, 0.4) is 0 Å². The maximum atomic E-state index is 13.2. The van der Waals surface area contributed by atoms with Crippen molar-refractivity contribution in [3.63, 3.8) is 0 Å². The SMILES string of the molecule is C=c1c2ccc(-c3nc4ccccc4s3)c3cccc(c(=O)n1CCN(C)C)c32. The highest BCUT2D eigenvalue weighted by Crippen LogP contribution is 2.36. The summed E-state index contributed by atoms with van der Waals surface area (Å²) >= 11 is 1.68. The van der Waals surface area contributed by atoms with Gasteiger partial charge in [0.2, 0.25) is 0 Å². The third kappa shape index (κ3) is 2.85. The molecule has 0 bridgehead atoms. The number of aromatic nitrogens is 2. The van der Waals surface area contributed by atoms with Crippen molar-refractivity contribution < 1.29 is 0 Å². The summed E-state index contributed by atoms with van der Waals surface area (Å²) in [6.45, 7) is 5.68. The quantitative estimate of drug-likeness (QED) is 0.456. The van der Waals surface area contributed by atoms with Crippen LogP contribution in [-0.4, -0.2) is 35.1 Å². The lowest BCUT2D eigenvalue weighted by Gasteiger charge is -2.16. The minimum absolute atomic E-state index is 0.0244. The van der Waals surface area contributed by atoms with Gasteiger partial charge in [-0.1, -0.05) is 43.0 Å². The molecule has 0 unspecified atom stereocenters. The standard InChI is InChI=1S/C24H21N3OS/c1-15-16-11-12-18(23-25-20-9-4-5-10-21(20)29-23)17-7-6-8-19(22(16)17)24(28)27(15)14-13-26(2)3/h4-12H,1,13-14H2,2-3H3. The number of thiazole rings is 1. The fourth-order valence-electron chi connectivity index (χ4n) is 3.95. The molecule has 0 amide bonds. The van der Waals surface area contributed by atoms with Crippen LogP contribution in [0.2, 0.25) is 0 Å². The number of rotatable bonds is 4. The molecule has 144 valence electrons. The average molecular weight is 400 g/mol. The van der Waals surface area contributed by atoms with Gasteiger partial charge in [-0.05, 0) is 37.7 Å². The molecule has 4 nitrogen and oxygen atoms in total. The van der Waals surface area contributed by atoms with E-state index in [4.69, 9.17) is 4.98 Å². The van der Waals surface area contributed by atoms with Crippen molar-refractivity contribution in [3.8, 4) is 10.6 Å². The molecule has 0 aliphatic heterocycles. The van der Waals surface area contributed by atoms with Gasteiger partial charge in [0, 0.05) is 40.2 Å².